The SMILES string of the molecule is Oc1cccnc1-c1ccc(F)c(C(F)(F)F)c1. The molecule has 0 fully saturated rings. The van der Waals surface area contributed by atoms with Crippen molar-refractivity contribution in [2.45, 2.75) is 6.18 Å². The van der Waals surface area contributed by atoms with Crippen molar-refractivity contribution in [1.29, 1.82) is 0 Å². The standard InChI is InChI=1S/C12H7F4NO/c13-9-4-3-7(6-8(9)12(14,15)16)11-10(18)2-1-5-17-11/h1-6,18H. The first-order valence-corrected chi connectivity index (χ1v) is 4.90. The second kappa shape index (κ2) is 4.29. The Morgan fingerprint density at radius 1 is 1.11 bits per heavy atom. The lowest BCUT2D eigenvalue weighted by molar-refractivity contribution is -0.139. The molecule has 0 unspecified atom stereocenters. The summed E-state index contributed by atoms with van der Waals surface area (Å²) in [6.07, 6.45) is -3.46. The molecular formula is C12H7F4NO. The van der Waals surface area contributed by atoms with Crippen LogP contribution < -0.4 is 0 Å². The molecule has 2 aromatic rings. The van der Waals surface area contributed by atoms with Crippen molar-refractivity contribution < 1.29 is 22.7 Å². The fourth-order valence-corrected chi connectivity index (χ4v) is 1.51. The van der Waals surface area contributed by atoms with Gasteiger partial charge in [-0.15, -0.1) is 0 Å². The molecule has 18 heavy (non-hydrogen) atoms. The second-order valence-corrected chi connectivity index (χ2v) is 3.56. The van der Waals surface area contributed by atoms with E-state index in [0.29, 0.717) is 12.1 Å². The summed E-state index contributed by atoms with van der Waals surface area (Å²) in [6.45, 7) is 0. The van der Waals surface area contributed by atoms with E-state index in [0.717, 1.165) is 6.07 Å². The van der Waals surface area contributed by atoms with E-state index < -0.39 is 17.6 Å². The molecule has 0 aliphatic heterocycles. The van der Waals surface area contributed by atoms with Gasteiger partial charge in [0.2, 0.25) is 0 Å². The van der Waals surface area contributed by atoms with Crippen LogP contribution >= 0.6 is 0 Å². The molecular weight excluding hydrogens is 250 g/mol. The first-order valence-electron chi connectivity index (χ1n) is 4.90. The zero-order valence-corrected chi connectivity index (χ0v) is 8.87. The summed E-state index contributed by atoms with van der Waals surface area (Å²) < 4.78 is 50.6. The molecule has 6 heteroatoms. The zero-order valence-electron chi connectivity index (χ0n) is 8.87. The van der Waals surface area contributed by atoms with E-state index in [4.69, 9.17) is 0 Å². The Morgan fingerprint density at radius 3 is 2.44 bits per heavy atom. The van der Waals surface area contributed by atoms with Crippen molar-refractivity contribution in [3.8, 4) is 17.0 Å². The van der Waals surface area contributed by atoms with Gasteiger partial charge in [0.15, 0.2) is 0 Å². The van der Waals surface area contributed by atoms with Gasteiger partial charge < -0.3 is 5.11 Å². The van der Waals surface area contributed by atoms with E-state index in [1.54, 1.807) is 0 Å². The topological polar surface area (TPSA) is 33.1 Å². The molecule has 0 spiro atoms. The molecule has 0 aliphatic rings. The minimum absolute atomic E-state index is 0.00169. The van der Waals surface area contributed by atoms with Crippen LogP contribution in [-0.4, -0.2) is 10.1 Å². The molecule has 94 valence electrons. The van der Waals surface area contributed by atoms with Gasteiger partial charge in [0.1, 0.15) is 17.3 Å². The average Bonchev–Trinajstić information content (AvgIpc) is 2.29. The largest absolute Gasteiger partial charge is 0.506 e. The van der Waals surface area contributed by atoms with Crippen molar-refractivity contribution in [3.05, 3.63) is 47.9 Å². The van der Waals surface area contributed by atoms with E-state index in [2.05, 4.69) is 4.98 Å². The number of hydrogen-bond donors (Lipinski definition) is 1. The van der Waals surface area contributed by atoms with Crippen LogP contribution in [0.15, 0.2) is 36.5 Å². The maximum Gasteiger partial charge on any atom is 0.419 e. The first kappa shape index (κ1) is 12.3. The molecule has 0 saturated carbocycles. The van der Waals surface area contributed by atoms with Crippen LogP contribution in [0.3, 0.4) is 0 Å². The third kappa shape index (κ3) is 2.27. The van der Waals surface area contributed by atoms with E-state index >= 15 is 0 Å². The highest BCUT2D eigenvalue weighted by molar-refractivity contribution is 5.66. The van der Waals surface area contributed by atoms with Gasteiger partial charge >= 0.3 is 6.18 Å². The van der Waals surface area contributed by atoms with Crippen LogP contribution in [-0.2, 0) is 6.18 Å². The first-order chi connectivity index (χ1) is 8.39. The Bertz CT molecular complexity index is 581. The Labute approximate surface area is 99.5 Å². The van der Waals surface area contributed by atoms with E-state index in [9.17, 15) is 22.7 Å². The Balaban J connectivity index is 2.58. The summed E-state index contributed by atoms with van der Waals surface area (Å²) in [4.78, 5) is 3.76. The summed E-state index contributed by atoms with van der Waals surface area (Å²) in [5.74, 6) is -1.63. The minimum Gasteiger partial charge on any atom is -0.506 e. The van der Waals surface area contributed by atoms with E-state index in [-0.39, 0.29) is 17.0 Å². The lowest BCUT2D eigenvalue weighted by Gasteiger charge is -2.10. The number of aromatic hydroxyl groups is 1. The molecule has 1 aromatic carbocycles. The second-order valence-electron chi connectivity index (χ2n) is 3.56. The van der Waals surface area contributed by atoms with Crippen LogP contribution in [0.25, 0.3) is 11.3 Å². The molecule has 0 bridgehead atoms. The summed E-state index contributed by atoms with van der Waals surface area (Å²) in [6, 6.07) is 5.18. The van der Waals surface area contributed by atoms with Crippen molar-refractivity contribution in [2.24, 2.45) is 0 Å². The number of aromatic nitrogens is 1. The van der Waals surface area contributed by atoms with Gasteiger partial charge in [-0.3, -0.25) is 4.98 Å². The van der Waals surface area contributed by atoms with Crippen LogP contribution in [0.2, 0.25) is 0 Å². The van der Waals surface area contributed by atoms with Crippen LogP contribution in [0.5, 0.6) is 5.75 Å². The average molecular weight is 257 g/mol. The Kier molecular flexibility index (Phi) is 2.94. The maximum atomic E-state index is 13.1. The van der Waals surface area contributed by atoms with Crippen LogP contribution in [0, 0.1) is 5.82 Å². The van der Waals surface area contributed by atoms with Crippen molar-refractivity contribution in [3.63, 3.8) is 0 Å². The molecule has 0 amide bonds. The van der Waals surface area contributed by atoms with Gasteiger partial charge in [-0.05, 0) is 30.3 Å². The zero-order chi connectivity index (χ0) is 13.3. The van der Waals surface area contributed by atoms with E-state index in [1.807, 2.05) is 0 Å². The van der Waals surface area contributed by atoms with Gasteiger partial charge in [-0.1, -0.05) is 0 Å². The molecule has 1 N–H and O–H groups in total. The van der Waals surface area contributed by atoms with Crippen molar-refractivity contribution in [2.75, 3.05) is 0 Å². The molecule has 0 saturated heterocycles. The number of nitrogens with zero attached hydrogens (tertiary/aromatic N) is 1. The molecule has 1 aromatic heterocycles. The summed E-state index contributed by atoms with van der Waals surface area (Å²) >= 11 is 0. The summed E-state index contributed by atoms with van der Waals surface area (Å²) in [5.41, 5.74) is -1.41. The quantitative estimate of drug-likeness (QED) is 0.791. The molecule has 0 aliphatic carbocycles. The predicted octanol–water partition coefficient (Wildman–Crippen LogP) is 3.61. The highest BCUT2D eigenvalue weighted by atomic mass is 19.4. The fourth-order valence-electron chi connectivity index (χ4n) is 1.51. The van der Waals surface area contributed by atoms with Crippen LogP contribution in [0.4, 0.5) is 17.6 Å². The lowest BCUT2D eigenvalue weighted by Crippen LogP contribution is -2.08. The highest BCUT2D eigenvalue weighted by Crippen LogP contribution is 2.35. The Morgan fingerprint density at radius 2 is 1.83 bits per heavy atom. The number of halogens is 4. The maximum absolute atomic E-state index is 13.1. The van der Waals surface area contributed by atoms with Crippen molar-refractivity contribution >= 4 is 0 Å². The fraction of sp³-hybridized carbons (Fsp3) is 0.0833. The monoisotopic (exact) mass is 257 g/mol. The molecule has 2 rings (SSSR count). The Hall–Kier alpha value is -2.11. The number of benzene rings is 1. The third-order valence-electron chi connectivity index (χ3n) is 2.33. The predicted molar refractivity (Wildman–Crippen MR) is 56.3 cm³/mol. The van der Waals surface area contributed by atoms with Gasteiger partial charge in [0.05, 0.1) is 5.56 Å². The number of hydrogen-bond acceptors (Lipinski definition) is 2. The van der Waals surface area contributed by atoms with E-state index in [1.165, 1.54) is 18.3 Å². The normalized spacial score (nSPS) is 11.6. The molecule has 0 atom stereocenters. The third-order valence-corrected chi connectivity index (χ3v) is 2.33. The number of pyridine rings is 1. The smallest absolute Gasteiger partial charge is 0.419 e. The van der Waals surface area contributed by atoms with Gasteiger partial charge in [-0.2, -0.15) is 13.2 Å². The lowest BCUT2D eigenvalue weighted by atomic mass is 10.1. The molecule has 1 heterocycles. The van der Waals surface area contributed by atoms with Crippen LogP contribution in [0.1, 0.15) is 5.56 Å². The number of rotatable bonds is 1. The number of alkyl halides is 3. The van der Waals surface area contributed by atoms with Gasteiger partial charge in [-0.25, -0.2) is 4.39 Å². The summed E-state index contributed by atoms with van der Waals surface area (Å²) in [7, 11) is 0. The summed E-state index contributed by atoms with van der Waals surface area (Å²) in [5, 5.41) is 9.49. The molecule has 0 radical (unpaired) electrons. The van der Waals surface area contributed by atoms with Crippen molar-refractivity contribution in [1.82, 2.24) is 4.98 Å². The van der Waals surface area contributed by atoms with Gasteiger partial charge in [0, 0.05) is 11.8 Å². The molecule has 2 nitrogen and oxygen atoms in total. The van der Waals surface area contributed by atoms with Gasteiger partial charge in [0.25, 0.3) is 0 Å². The highest BCUT2D eigenvalue weighted by Gasteiger charge is 2.34. The minimum atomic E-state index is -4.79.